The molecule has 0 aliphatic rings. The molecule has 0 aliphatic carbocycles. The molecule has 0 fully saturated rings. The Hall–Kier alpha value is -1.80. The molecule has 0 N–H and O–H groups in total. The molecule has 0 amide bonds. The zero-order valence-electron chi connectivity index (χ0n) is 10.4. The van der Waals surface area contributed by atoms with Crippen molar-refractivity contribution in [3.05, 3.63) is 64.7 Å². The number of hydrogen-bond acceptors (Lipinski definition) is 2. The Balaban J connectivity index is 2.50. The largest absolute Gasteiger partial charge is 0.377 e. The van der Waals surface area contributed by atoms with E-state index in [0.29, 0.717) is 16.1 Å². The maximum absolute atomic E-state index is 12.5. The van der Waals surface area contributed by atoms with Gasteiger partial charge in [0.2, 0.25) is 0 Å². The maximum atomic E-state index is 12.5. The molecule has 0 aliphatic heterocycles. The monoisotopic (exact) mass is 259 g/mol. The summed E-state index contributed by atoms with van der Waals surface area (Å²) in [4.78, 5) is 14.4. The summed E-state index contributed by atoms with van der Waals surface area (Å²) < 4.78 is 0. The van der Waals surface area contributed by atoms with Crippen molar-refractivity contribution in [2.75, 3.05) is 19.0 Å². The third-order valence-electron chi connectivity index (χ3n) is 2.75. The van der Waals surface area contributed by atoms with Gasteiger partial charge in [-0.3, -0.25) is 4.79 Å². The molecule has 0 saturated carbocycles. The molecule has 0 aromatic heterocycles. The first-order valence-corrected chi connectivity index (χ1v) is 6.04. The first kappa shape index (κ1) is 12.7. The highest BCUT2D eigenvalue weighted by molar-refractivity contribution is 6.35. The molecular formula is C15H14ClNO. The molecule has 0 unspecified atom stereocenters. The molecule has 0 atom stereocenters. The second kappa shape index (κ2) is 5.23. The van der Waals surface area contributed by atoms with Gasteiger partial charge in [0.1, 0.15) is 0 Å². The number of para-hydroxylation sites is 1. The van der Waals surface area contributed by atoms with Crippen LogP contribution in [0.25, 0.3) is 0 Å². The Bertz CT molecular complexity index is 578. The predicted molar refractivity (Wildman–Crippen MR) is 75.7 cm³/mol. The van der Waals surface area contributed by atoms with E-state index in [4.69, 9.17) is 11.6 Å². The number of hydrogen-bond donors (Lipinski definition) is 0. The minimum Gasteiger partial charge on any atom is -0.377 e. The lowest BCUT2D eigenvalue weighted by Crippen LogP contribution is -2.14. The molecular weight excluding hydrogens is 246 g/mol. The Labute approximate surface area is 112 Å². The number of rotatable bonds is 3. The van der Waals surface area contributed by atoms with Gasteiger partial charge in [-0.15, -0.1) is 0 Å². The summed E-state index contributed by atoms with van der Waals surface area (Å²) in [5, 5.41) is 0.482. The van der Waals surface area contributed by atoms with E-state index in [9.17, 15) is 4.79 Å². The minimum atomic E-state index is -0.0510. The van der Waals surface area contributed by atoms with Gasteiger partial charge >= 0.3 is 0 Å². The summed E-state index contributed by atoms with van der Waals surface area (Å²) in [6.07, 6.45) is 0. The average molecular weight is 260 g/mol. The third-order valence-corrected chi connectivity index (χ3v) is 3.08. The molecule has 2 rings (SSSR count). The lowest BCUT2D eigenvalue weighted by atomic mass is 10.0. The Morgan fingerprint density at radius 2 is 1.50 bits per heavy atom. The molecule has 2 nitrogen and oxygen atoms in total. The zero-order chi connectivity index (χ0) is 13.1. The number of carbonyl (C=O) groups excluding carboxylic acids is 1. The van der Waals surface area contributed by atoms with Crippen molar-refractivity contribution in [1.82, 2.24) is 0 Å². The summed E-state index contributed by atoms with van der Waals surface area (Å²) >= 11 is 6.07. The van der Waals surface area contributed by atoms with Gasteiger partial charge in [-0.2, -0.15) is 0 Å². The van der Waals surface area contributed by atoms with Crippen LogP contribution < -0.4 is 4.90 Å². The molecule has 0 heterocycles. The summed E-state index contributed by atoms with van der Waals surface area (Å²) in [5.41, 5.74) is 2.09. The van der Waals surface area contributed by atoms with Gasteiger partial charge in [-0.25, -0.2) is 0 Å². The summed E-state index contributed by atoms with van der Waals surface area (Å²) in [6.45, 7) is 0. The first-order valence-electron chi connectivity index (χ1n) is 5.67. The number of nitrogens with zero attached hydrogens (tertiary/aromatic N) is 1. The molecule has 0 radical (unpaired) electrons. The molecule has 0 spiro atoms. The van der Waals surface area contributed by atoms with Crippen molar-refractivity contribution in [2.24, 2.45) is 0 Å². The van der Waals surface area contributed by atoms with E-state index in [1.165, 1.54) is 0 Å². The fraction of sp³-hybridized carbons (Fsp3) is 0.133. The lowest BCUT2D eigenvalue weighted by molar-refractivity contribution is 0.103. The highest BCUT2D eigenvalue weighted by atomic mass is 35.5. The van der Waals surface area contributed by atoms with E-state index in [1.807, 2.05) is 55.4 Å². The maximum Gasteiger partial charge on any atom is 0.196 e. The van der Waals surface area contributed by atoms with Crippen molar-refractivity contribution in [2.45, 2.75) is 0 Å². The van der Waals surface area contributed by atoms with Gasteiger partial charge in [0.15, 0.2) is 5.78 Å². The Morgan fingerprint density at radius 3 is 2.11 bits per heavy atom. The fourth-order valence-corrected chi connectivity index (χ4v) is 2.07. The predicted octanol–water partition coefficient (Wildman–Crippen LogP) is 3.64. The van der Waals surface area contributed by atoms with Crippen molar-refractivity contribution in [1.29, 1.82) is 0 Å². The van der Waals surface area contributed by atoms with E-state index in [0.717, 1.165) is 5.69 Å². The lowest BCUT2D eigenvalue weighted by Gasteiger charge is -2.16. The van der Waals surface area contributed by atoms with Gasteiger partial charge < -0.3 is 4.90 Å². The van der Waals surface area contributed by atoms with Gasteiger partial charge in [-0.05, 0) is 24.3 Å². The van der Waals surface area contributed by atoms with Crippen LogP contribution in [0.2, 0.25) is 5.02 Å². The standard InChI is InChI=1S/C15H14ClNO/c1-17(2)14-10-6-4-8-12(14)15(18)11-7-3-5-9-13(11)16/h3-10H,1-2H3. The van der Waals surface area contributed by atoms with Crippen LogP contribution in [0.5, 0.6) is 0 Å². The summed E-state index contributed by atoms with van der Waals surface area (Å²) in [5.74, 6) is -0.0510. The van der Waals surface area contributed by atoms with E-state index in [1.54, 1.807) is 12.1 Å². The summed E-state index contributed by atoms with van der Waals surface area (Å²) in [6, 6.07) is 14.6. The van der Waals surface area contributed by atoms with Crippen LogP contribution in [-0.2, 0) is 0 Å². The summed E-state index contributed by atoms with van der Waals surface area (Å²) in [7, 11) is 3.83. The Kier molecular flexibility index (Phi) is 3.68. The third kappa shape index (κ3) is 2.39. The topological polar surface area (TPSA) is 20.3 Å². The smallest absolute Gasteiger partial charge is 0.196 e. The van der Waals surface area contributed by atoms with Gasteiger partial charge in [0.05, 0.1) is 5.02 Å². The molecule has 18 heavy (non-hydrogen) atoms. The van der Waals surface area contributed by atoms with E-state index >= 15 is 0 Å². The van der Waals surface area contributed by atoms with Gasteiger partial charge in [-0.1, -0.05) is 35.9 Å². The fourth-order valence-electron chi connectivity index (χ4n) is 1.85. The number of carbonyl (C=O) groups is 1. The zero-order valence-corrected chi connectivity index (χ0v) is 11.1. The van der Waals surface area contributed by atoms with Crippen LogP contribution >= 0.6 is 11.6 Å². The SMILES string of the molecule is CN(C)c1ccccc1C(=O)c1ccccc1Cl. The average Bonchev–Trinajstić information content (AvgIpc) is 2.38. The molecule has 2 aromatic carbocycles. The van der Waals surface area contributed by atoms with Gasteiger partial charge in [0.25, 0.3) is 0 Å². The normalized spacial score (nSPS) is 10.2. The van der Waals surface area contributed by atoms with Crippen molar-refractivity contribution < 1.29 is 4.79 Å². The minimum absolute atomic E-state index is 0.0510. The number of ketones is 1. The number of halogens is 1. The van der Waals surface area contributed by atoms with Crippen LogP contribution in [0.15, 0.2) is 48.5 Å². The van der Waals surface area contributed by atoms with Crippen molar-refractivity contribution >= 4 is 23.1 Å². The van der Waals surface area contributed by atoms with Crippen molar-refractivity contribution in [3.8, 4) is 0 Å². The highest BCUT2D eigenvalue weighted by Crippen LogP contribution is 2.24. The van der Waals surface area contributed by atoms with E-state index in [2.05, 4.69) is 0 Å². The molecule has 0 saturated heterocycles. The second-order valence-corrected chi connectivity index (χ2v) is 4.63. The van der Waals surface area contributed by atoms with Crippen LogP contribution in [-0.4, -0.2) is 19.9 Å². The van der Waals surface area contributed by atoms with Gasteiger partial charge in [0, 0.05) is 30.9 Å². The van der Waals surface area contributed by atoms with E-state index < -0.39 is 0 Å². The van der Waals surface area contributed by atoms with Crippen LogP contribution in [0.1, 0.15) is 15.9 Å². The molecule has 3 heteroatoms. The molecule has 92 valence electrons. The van der Waals surface area contributed by atoms with Crippen LogP contribution in [0, 0.1) is 0 Å². The quantitative estimate of drug-likeness (QED) is 0.785. The second-order valence-electron chi connectivity index (χ2n) is 4.22. The highest BCUT2D eigenvalue weighted by Gasteiger charge is 2.16. The number of anilines is 1. The van der Waals surface area contributed by atoms with Crippen molar-refractivity contribution in [3.63, 3.8) is 0 Å². The number of benzene rings is 2. The molecule has 2 aromatic rings. The molecule has 0 bridgehead atoms. The van der Waals surface area contributed by atoms with E-state index in [-0.39, 0.29) is 5.78 Å². The van der Waals surface area contributed by atoms with Crippen LogP contribution in [0.3, 0.4) is 0 Å². The first-order chi connectivity index (χ1) is 8.61. The Morgan fingerprint density at radius 1 is 0.944 bits per heavy atom. The van der Waals surface area contributed by atoms with Crippen LogP contribution in [0.4, 0.5) is 5.69 Å².